The number of carbonyl (C=O) groups excluding carboxylic acids is 2. The van der Waals surface area contributed by atoms with Gasteiger partial charge in [0.2, 0.25) is 6.79 Å². The summed E-state index contributed by atoms with van der Waals surface area (Å²) in [7, 11) is -3.83. The van der Waals surface area contributed by atoms with Crippen LogP contribution in [0.5, 0.6) is 11.5 Å². The van der Waals surface area contributed by atoms with E-state index < -0.39 is 28.0 Å². The maximum absolute atomic E-state index is 12.6. The minimum absolute atomic E-state index is 0.0155. The Morgan fingerprint density at radius 1 is 0.912 bits per heavy atom. The van der Waals surface area contributed by atoms with Crippen LogP contribution in [-0.2, 0) is 19.6 Å². The van der Waals surface area contributed by atoms with Crippen LogP contribution in [-0.4, -0.2) is 33.2 Å². The maximum atomic E-state index is 12.6. The van der Waals surface area contributed by atoms with E-state index in [1.54, 1.807) is 42.5 Å². The molecule has 0 fully saturated rings. The highest BCUT2D eigenvalue weighted by atomic mass is 32.2. The zero-order valence-corrected chi connectivity index (χ0v) is 19.2. The number of carbonyl (C=O) groups is 2. The predicted octanol–water partition coefficient (Wildman–Crippen LogP) is 3.71. The van der Waals surface area contributed by atoms with Crippen LogP contribution in [0.15, 0.2) is 71.6 Å². The number of hydrogen-bond acceptors (Lipinski definition) is 7. The number of anilines is 2. The van der Waals surface area contributed by atoms with Crippen LogP contribution in [0, 0.1) is 6.92 Å². The third-order valence-electron chi connectivity index (χ3n) is 5.00. The van der Waals surface area contributed by atoms with Gasteiger partial charge in [-0.3, -0.25) is 9.52 Å². The first-order valence-corrected chi connectivity index (χ1v) is 11.8. The van der Waals surface area contributed by atoms with Crippen LogP contribution in [0.1, 0.15) is 22.8 Å². The summed E-state index contributed by atoms with van der Waals surface area (Å²) in [6, 6.07) is 17.1. The van der Waals surface area contributed by atoms with Crippen molar-refractivity contribution in [2.75, 3.05) is 16.8 Å². The van der Waals surface area contributed by atoms with Gasteiger partial charge in [-0.05, 0) is 62.4 Å². The Morgan fingerprint density at radius 3 is 2.26 bits per heavy atom. The minimum Gasteiger partial charge on any atom is -0.454 e. The lowest BCUT2D eigenvalue weighted by Crippen LogP contribution is -2.30. The summed E-state index contributed by atoms with van der Waals surface area (Å²) in [6.45, 7) is 3.45. The standard InChI is InChI=1S/C24H22N2O7S/c1-15-3-7-18(8-4-15)26-34(29,30)20-10-5-17(6-11-20)24(28)33-16(2)23(27)25-19-9-12-21-22(13-19)32-14-31-21/h3-13,16,26H,14H2,1-2H3,(H,25,27). The number of amides is 1. The molecule has 176 valence electrons. The summed E-state index contributed by atoms with van der Waals surface area (Å²) in [4.78, 5) is 24.8. The van der Waals surface area contributed by atoms with Gasteiger partial charge in [0, 0.05) is 17.4 Å². The molecule has 3 aromatic rings. The van der Waals surface area contributed by atoms with Gasteiger partial charge in [-0.1, -0.05) is 17.7 Å². The summed E-state index contributed by atoms with van der Waals surface area (Å²) >= 11 is 0. The lowest BCUT2D eigenvalue weighted by atomic mass is 10.2. The quantitative estimate of drug-likeness (QED) is 0.493. The molecular formula is C24H22N2O7S. The molecule has 0 aromatic heterocycles. The molecule has 34 heavy (non-hydrogen) atoms. The van der Waals surface area contributed by atoms with Crippen molar-refractivity contribution in [3.8, 4) is 11.5 Å². The fraction of sp³-hybridized carbons (Fsp3) is 0.167. The molecule has 3 aromatic carbocycles. The van der Waals surface area contributed by atoms with Crippen LogP contribution in [0.25, 0.3) is 0 Å². The maximum Gasteiger partial charge on any atom is 0.338 e. The van der Waals surface area contributed by atoms with E-state index in [1.165, 1.54) is 31.2 Å². The molecule has 4 rings (SSSR count). The Balaban J connectivity index is 1.36. The second-order valence-corrected chi connectivity index (χ2v) is 9.28. The Hall–Kier alpha value is -4.05. The van der Waals surface area contributed by atoms with Crippen molar-refractivity contribution in [3.63, 3.8) is 0 Å². The summed E-state index contributed by atoms with van der Waals surface area (Å²) < 4.78 is 43.4. The molecule has 2 N–H and O–H groups in total. The van der Waals surface area contributed by atoms with Crippen molar-refractivity contribution >= 4 is 33.3 Å². The third kappa shape index (κ3) is 5.29. The lowest BCUT2D eigenvalue weighted by molar-refractivity contribution is -0.123. The van der Waals surface area contributed by atoms with Crippen molar-refractivity contribution in [1.82, 2.24) is 0 Å². The Labute approximate surface area is 196 Å². The SMILES string of the molecule is Cc1ccc(NS(=O)(=O)c2ccc(C(=O)OC(C)C(=O)Nc3ccc4c(c3)OCO4)cc2)cc1. The smallest absolute Gasteiger partial charge is 0.338 e. The van der Waals surface area contributed by atoms with Gasteiger partial charge in [0.15, 0.2) is 17.6 Å². The highest BCUT2D eigenvalue weighted by molar-refractivity contribution is 7.92. The molecule has 0 saturated carbocycles. The zero-order valence-electron chi connectivity index (χ0n) is 18.4. The molecule has 0 bridgehead atoms. The Morgan fingerprint density at radius 2 is 1.56 bits per heavy atom. The average Bonchev–Trinajstić information content (AvgIpc) is 3.28. The third-order valence-corrected chi connectivity index (χ3v) is 6.39. The number of fused-ring (bicyclic) bond motifs is 1. The van der Waals surface area contributed by atoms with Gasteiger partial charge in [0.05, 0.1) is 10.5 Å². The molecule has 1 atom stereocenters. The first-order valence-electron chi connectivity index (χ1n) is 10.3. The number of benzene rings is 3. The van der Waals surface area contributed by atoms with E-state index in [9.17, 15) is 18.0 Å². The molecule has 1 aliphatic rings. The largest absolute Gasteiger partial charge is 0.454 e. The van der Waals surface area contributed by atoms with E-state index in [0.29, 0.717) is 22.9 Å². The van der Waals surface area contributed by atoms with Crippen LogP contribution in [0.2, 0.25) is 0 Å². The van der Waals surface area contributed by atoms with Crippen LogP contribution >= 0.6 is 0 Å². The van der Waals surface area contributed by atoms with E-state index in [1.807, 2.05) is 6.92 Å². The molecule has 9 nitrogen and oxygen atoms in total. The van der Waals surface area contributed by atoms with E-state index in [0.717, 1.165) is 5.56 Å². The number of rotatable bonds is 7. The summed E-state index contributed by atoms with van der Waals surface area (Å²) in [6.07, 6.45) is -1.09. The second kappa shape index (κ2) is 9.44. The molecule has 10 heteroatoms. The Kier molecular flexibility index (Phi) is 6.42. The normalized spacial score (nSPS) is 13.1. The monoisotopic (exact) mass is 482 g/mol. The van der Waals surface area contributed by atoms with Gasteiger partial charge >= 0.3 is 5.97 Å². The number of nitrogens with one attached hydrogen (secondary N) is 2. The molecule has 0 spiro atoms. The van der Waals surface area contributed by atoms with Crippen molar-refractivity contribution in [2.45, 2.75) is 24.8 Å². The number of aryl methyl sites for hydroxylation is 1. The predicted molar refractivity (Wildman–Crippen MR) is 125 cm³/mol. The van der Waals surface area contributed by atoms with Crippen LogP contribution in [0.4, 0.5) is 11.4 Å². The van der Waals surface area contributed by atoms with E-state index in [4.69, 9.17) is 14.2 Å². The molecule has 1 heterocycles. The minimum atomic E-state index is -3.83. The summed E-state index contributed by atoms with van der Waals surface area (Å²) in [5.74, 6) is -0.205. The van der Waals surface area contributed by atoms with Gasteiger partial charge in [-0.15, -0.1) is 0 Å². The van der Waals surface area contributed by atoms with E-state index in [-0.39, 0.29) is 17.3 Å². The van der Waals surface area contributed by atoms with Crippen LogP contribution < -0.4 is 19.5 Å². The number of ether oxygens (including phenoxy) is 3. The van der Waals surface area contributed by atoms with E-state index >= 15 is 0 Å². The van der Waals surface area contributed by atoms with Gasteiger partial charge in [-0.25, -0.2) is 13.2 Å². The average molecular weight is 483 g/mol. The fourth-order valence-corrected chi connectivity index (χ4v) is 4.16. The highest BCUT2D eigenvalue weighted by Gasteiger charge is 2.21. The lowest BCUT2D eigenvalue weighted by Gasteiger charge is -2.14. The molecule has 1 aliphatic heterocycles. The fourth-order valence-electron chi connectivity index (χ4n) is 3.11. The highest BCUT2D eigenvalue weighted by Crippen LogP contribution is 2.34. The van der Waals surface area contributed by atoms with Gasteiger partial charge in [0.1, 0.15) is 0 Å². The molecule has 1 unspecified atom stereocenters. The van der Waals surface area contributed by atoms with Crippen LogP contribution in [0.3, 0.4) is 0 Å². The van der Waals surface area contributed by atoms with Gasteiger partial charge < -0.3 is 19.5 Å². The topological polar surface area (TPSA) is 120 Å². The zero-order chi connectivity index (χ0) is 24.3. The summed E-state index contributed by atoms with van der Waals surface area (Å²) in [5, 5.41) is 2.64. The number of hydrogen-bond donors (Lipinski definition) is 2. The number of esters is 1. The second-order valence-electron chi connectivity index (χ2n) is 7.60. The van der Waals surface area contributed by atoms with E-state index in [2.05, 4.69) is 10.0 Å². The molecule has 0 aliphatic carbocycles. The summed E-state index contributed by atoms with van der Waals surface area (Å²) in [5.41, 5.74) is 2.01. The first kappa shape index (κ1) is 23.1. The number of sulfonamides is 1. The van der Waals surface area contributed by atoms with Crippen molar-refractivity contribution in [1.29, 1.82) is 0 Å². The van der Waals surface area contributed by atoms with Gasteiger partial charge in [0.25, 0.3) is 15.9 Å². The Bertz CT molecular complexity index is 1320. The van der Waals surface area contributed by atoms with Gasteiger partial charge in [-0.2, -0.15) is 0 Å². The first-order chi connectivity index (χ1) is 16.2. The van der Waals surface area contributed by atoms with Crippen molar-refractivity contribution < 1.29 is 32.2 Å². The van der Waals surface area contributed by atoms with Crippen molar-refractivity contribution in [3.05, 3.63) is 77.9 Å². The molecule has 0 saturated heterocycles. The molecule has 1 amide bonds. The molecular weight excluding hydrogens is 460 g/mol. The molecule has 0 radical (unpaired) electrons. The van der Waals surface area contributed by atoms with Crippen molar-refractivity contribution in [2.24, 2.45) is 0 Å².